The molecule has 2 heterocycles. The van der Waals surface area contributed by atoms with E-state index >= 15 is 0 Å². The number of nitriles is 1. The van der Waals surface area contributed by atoms with Crippen molar-refractivity contribution in [2.45, 2.75) is 32.1 Å². The lowest BCUT2D eigenvalue weighted by molar-refractivity contribution is -0.0394. The number of nitrogens with zero attached hydrogens (tertiary/aromatic N) is 3. The van der Waals surface area contributed by atoms with Crippen LogP contribution in [0.25, 0.3) is 11.1 Å². The summed E-state index contributed by atoms with van der Waals surface area (Å²) < 4.78 is 14.5. The summed E-state index contributed by atoms with van der Waals surface area (Å²) in [6, 6.07) is 16.0. The minimum absolute atomic E-state index is 0.0259. The number of halogens is 1. The maximum Gasteiger partial charge on any atom is 0.150 e. The van der Waals surface area contributed by atoms with Crippen molar-refractivity contribution in [1.29, 1.82) is 5.26 Å². The van der Waals surface area contributed by atoms with Crippen LogP contribution in [0.2, 0.25) is 0 Å². The van der Waals surface area contributed by atoms with Crippen LogP contribution in [-0.4, -0.2) is 16.4 Å². The highest BCUT2D eigenvalue weighted by Gasteiger charge is 2.20. The largest absolute Gasteiger partial charge is 0.487 e. The van der Waals surface area contributed by atoms with Crippen molar-refractivity contribution in [3.8, 4) is 22.9 Å². The van der Waals surface area contributed by atoms with E-state index in [2.05, 4.69) is 27.1 Å². The minimum atomic E-state index is -0.0259. The maximum absolute atomic E-state index is 9.68. The Labute approximate surface area is 172 Å². The van der Waals surface area contributed by atoms with Gasteiger partial charge in [-0.2, -0.15) is 10.4 Å². The first kappa shape index (κ1) is 18.7. The summed E-state index contributed by atoms with van der Waals surface area (Å²) in [6.45, 7) is 1.15. The van der Waals surface area contributed by atoms with Gasteiger partial charge in [0.2, 0.25) is 0 Å². The van der Waals surface area contributed by atoms with Gasteiger partial charge in [-0.25, -0.2) is 4.68 Å². The summed E-state index contributed by atoms with van der Waals surface area (Å²) in [7, 11) is 0. The molecule has 1 saturated heterocycles. The first-order valence-corrected chi connectivity index (χ1v) is 10.1. The highest BCUT2D eigenvalue weighted by atomic mass is 79.9. The summed E-state index contributed by atoms with van der Waals surface area (Å²) in [5.74, 6) is 0.560. The third-order valence-electron chi connectivity index (χ3n) is 4.81. The average molecular weight is 438 g/mol. The van der Waals surface area contributed by atoms with Gasteiger partial charge in [-0.1, -0.05) is 30.3 Å². The molecule has 1 aliphatic heterocycles. The summed E-state index contributed by atoms with van der Waals surface area (Å²) in [5.41, 5.74) is 3.28. The molecule has 2 aromatic carbocycles. The van der Waals surface area contributed by atoms with Crippen LogP contribution in [0.5, 0.6) is 5.75 Å². The molecule has 142 valence electrons. The standard InChI is InChI=1S/C22H20BrN3O2/c23-20-10-9-18(17-13-25-26(14-17)21-8-4-5-11-27-21)22(19(20)12-24)28-15-16-6-2-1-3-7-16/h1-3,6-7,9-10,13-14,21H,4-5,8,11,15H2. The third-order valence-corrected chi connectivity index (χ3v) is 5.47. The van der Waals surface area contributed by atoms with Crippen LogP contribution < -0.4 is 4.74 Å². The van der Waals surface area contributed by atoms with Crippen LogP contribution in [0, 0.1) is 11.3 Å². The van der Waals surface area contributed by atoms with Crippen molar-refractivity contribution in [3.05, 3.63) is 70.5 Å². The van der Waals surface area contributed by atoms with Crippen LogP contribution in [-0.2, 0) is 11.3 Å². The van der Waals surface area contributed by atoms with Crippen LogP contribution in [0.1, 0.15) is 36.6 Å². The molecular formula is C22H20BrN3O2. The second kappa shape index (κ2) is 8.59. The molecule has 1 aliphatic rings. The highest BCUT2D eigenvalue weighted by molar-refractivity contribution is 9.10. The first-order chi connectivity index (χ1) is 13.8. The summed E-state index contributed by atoms with van der Waals surface area (Å²) >= 11 is 3.46. The molecule has 0 amide bonds. The SMILES string of the molecule is N#Cc1c(Br)ccc(-c2cnn(C3CCCCO3)c2)c1OCc1ccccc1. The lowest BCUT2D eigenvalue weighted by Gasteiger charge is -2.22. The van der Waals surface area contributed by atoms with Gasteiger partial charge in [0.25, 0.3) is 0 Å². The first-order valence-electron chi connectivity index (χ1n) is 9.31. The van der Waals surface area contributed by atoms with Gasteiger partial charge in [0.05, 0.1) is 6.20 Å². The predicted octanol–water partition coefficient (Wildman–Crippen LogP) is 5.46. The maximum atomic E-state index is 9.68. The topological polar surface area (TPSA) is 60.1 Å². The lowest BCUT2D eigenvalue weighted by Crippen LogP contribution is -2.18. The number of hydrogen-bond donors (Lipinski definition) is 0. The van der Waals surface area contributed by atoms with E-state index in [1.807, 2.05) is 53.3 Å². The number of aromatic nitrogens is 2. The van der Waals surface area contributed by atoms with Gasteiger partial charge in [-0.3, -0.25) is 0 Å². The Kier molecular flexibility index (Phi) is 5.75. The quantitative estimate of drug-likeness (QED) is 0.531. The van der Waals surface area contributed by atoms with E-state index in [0.29, 0.717) is 22.4 Å². The molecule has 0 spiro atoms. The minimum Gasteiger partial charge on any atom is -0.487 e. The molecule has 1 fully saturated rings. The molecule has 1 unspecified atom stereocenters. The monoisotopic (exact) mass is 437 g/mol. The van der Waals surface area contributed by atoms with Gasteiger partial charge in [0.1, 0.15) is 30.2 Å². The Balaban J connectivity index is 1.66. The number of benzene rings is 2. The molecule has 0 bridgehead atoms. The van der Waals surface area contributed by atoms with Crippen LogP contribution in [0.4, 0.5) is 0 Å². The van der Waals surface area contributed by atoms with Gasteiger partial charge >= 0.3 is 0 Å². The second-order valence-electron chi connectivity index (χ2n) is 6.72. The molecule has 0 radical (unpaired) electrons. The van der Waals surface area contributed by atoms with Crippen molar-refractivity contribution in [2.24, 2.45) is 0 Å². The molecular weight excluding hydrogens is 418 g/mol. The summed E-state index contributed by atoms with van der Waals surface area (Å²) in [6.07, 6.45) is 6.94. The molecule has 1 atom stereocenters. The molecule has 28 heavy (non-hydrogen) atoms. The van der Waals surface area contributed by atoms with Gasteiger partial charge in [-0.15, -0.1) is 0 Å². The third kappa shape index (κ3) is 3.96. The Morgan fingerprint density at radius 3 is 2.82 bits per heavy atom. The predicted molar refractivity (Wildman–Crippen MR) is 110 cm³/mol. The fraction of sp³-hybridized carbons (Fsp3) is 0.273. The molecule has 3 aromatic rings. The zero-order chi connectivity index (χ0) is 19.3. The molecule has 0 saturated carbocycles. The molecule has 1 aromatic heterocycles. The van der Waals surface area contributed by atoms with Crippen molar-refractivity contribution in [2.75, 3.05) is 6.61 Å². The van der Waals surface area contributed by atoms with Gasteiger partial charge < -0.3 is 9.47 Å². The lowest BCUT2D eigenvalue weighted by atomic mass is 10.0. The normalized spacial score (nSPS) is 16.5. The number of hydrogen-bond acceptors (Lipinski definition) is 4. The number of rotatable bonds is 5. The Bertz CT molecular complexity index is 989. The van der Waals surface area contributed by atoms with Crippen molar-refractivity contribution in [3.63, 3.8) is 0 Å². The molecule has 4 rings (SSSR count). The van der Waals surface area contributed by atoms with E-state index in [0.717, 1.165) is 42.6 Å². The van der Waals surface area contributed by atoms with Crippen molar-refractivity contribution in [1.82, 2.24) is 9.78 Å². The van der Waals surface area contributed by atoms with E-state index in [1.165, 1.54) is 0 Å². The summed E-state index contributed by atoms with van der Waals surface area (Å²) in [5, 5.41) is 14.2. The Morgan fingerprint density at radius 2 is 2.07 bits per heavy atom. The zero-order valence-electron chi connectivity index (χ0n) is 15.3. The molecule has 5 nitrogen and oxygen atoms in total. The van der Waals surface area contributed by atoms with Gasteiger partial charge in [0.15, 0.2) is 0 Å². The fourth-order valence-corrected chi connectivity index (χ4v) is 3.74. The van der Waals surface area contributed by atoms with Crippen LogP contribution in [0.3, 0.4) is 0 Å². The van der Waals surface area contributed by atoms with Crippen molar-refractivity contribution >= 4 is 15.9 Å². The van der Waals surface area contributed by atoms with E-state index in [4.69, 9.17) is 9.47 Å². The van der Waals surface area contributed by atoms with Gasteiger partial charge in [-0.05, 0) is 52.9 Å². The second-order valence-corrected chi connectivity index (χ2v) is 7.57. The molecule has 0 N–H and O–H groups in total. The average Bonchev–Trinajstić information content (AvgIpc) is 3.23. The Morgan fingerprint density at radius 1 is 1.21 bits per heavy atom. The van der Waals surface area contributed by atoms with Gasteiger partial charge in [0, 0.05) is 28.4 Å². The van der Waals surface area contributed by atoms with E-state index in [1.54, 1.807) is 6.20 Å². The Hall–Kier alpha value is -2.62. The molecule has 0 aliphatic carbocycles. The zero-order valence-corrected chi connectivity index (χ0v) is 16.9. The van der Waals surface area contributed by atoms with Crippen LogP contribution >= 0.6 is 15.9 Å². The number of ether oxygens (including phenoxy) is 2. The smallest absolute Gasteiger partial charge is 0.150 e. The van der Waals surface area contributed by atoms with Crippen LogP contribution in [0.15, 0.2) is 59.3 Å². The highest BCUT2D eigenvalue weighted by Crippen LogP contribution is 2.38. The van der Waals surface area contributed by atoms with Crippen molar-refractivity contribution < 1.29 is 9.47 Å². The summed E-state index contributed by atoms with van der Waals surface area (Å²) in [4.78, 5) is 0. The molecule has 6 heteroatoms. The fourth-order valence-electron chi connectivity index (χ4n) is 3.34. The van der Waals surface area contributed by atoms with E-state index in [9.17, 15) is 5.26 Å². The van der Waals surface area contributed by atoms with E-state index < -0.39 is 0 Å². The van der Waals surface area contributed by atoms with E-state index in [-0.39, 0.29) is 6.23 Å².